The zero-order chi connectivity index (χ0) is 12.1. The molecule has 1 aromatic heterocycles. The van der Waals surface area contributed by atoms with Gasteiger partial charge in [-0.25, -0.2) is 0 Å². The van der Waals surface area contributed by atoms with Crippen molar-refractivity contribution in [1.82, 2.24) is 10.3 Å². The Balaban J connectivity index is 2.07. The monoisotopic (exact) mass is 235 g/mol. The lowest BCUT2D eigenvalue weighted by Gasteiger charge is -2.34. The predicted molar refractivity (Wildman–Crippen MR) is 69.2 cm³/mol. The molecule has 0 aliphatic carbocycles. The molecule has 17 heavy (non-hydrogen) atoms. The zero-order valence-electron chi connectivity index (χ0n) is 10.6. The summed E-state index contributed by atoms with van der Waals surface area (Å²) < 4.78 is 5.69. The van der Waals surface area contributed by atoms with Gasteiger partial charge in [0.25, 0.3) is 0 Å². The topological polar surface area (TPSA) is 37.4 Å². The van der Waals surface area contributed by atoms with E-state index in [1.807, 2.05) is 13.2 Å². The van der Waals surface area contributed by atoms with Gasteiger partial charge in [0.2, 0.25) is 0 Å². The summed E-state index contributed by atoms with van der Waals surface area (Å²) in [5.74, 6) is 0. The molecule has 0 spiro atoms. The van der Waals surface area contributed by atoms with Crippen LogP contribution in [-0.2, 0) is 11.3 Å². The lowest BCUT2D eigenvalue weighted by molar-refractivity contribution is 0.0384. The van der Waals surface area contributed by atoms with E-state index < -0.39 is 0 Å². The Morgan fingerprint density at radius 3 is 3.24 bits per heavy atom. The molecular weight excluding hydrogens is 214 g/mol. The average molecular weight is 235 g/mol. The van der Waals surface area contributed by atoms with Gasteiger partial charge in [0.05, 0.1) is 18.4 Å². The van der Waals surface area contributed by atoms with Gasteiger partial charge in [-0.1, -0.05) is 6.92 Å². The summed E-state index contributed by atoms with van der Waals surface area (Å²) in [4.78, 5) is 6.73. The molecule has 94 valence electrons. The number of morpholine rings is 1. The number of nitrogens with one attached hydrogen (secondary N) is 1. The molecule has 0 radical (unpaired) electrons. The first-order valence-electron chi connectivity index (χ1n) is 6.29. The number of ether oxygens (including phenoxy) is 1. The van der Waals surface area contributed by atoms with E-state index in [-0.39, 0.29) is 0 Å². The highest BCUT2D eigenvalue weighted by Gasteiger charge is 2.19. The Labute approximate surface area is 103 Å². The van der Waals surface area contributed by atoms with Crippen LogP contribution in [0.4, 0.5) is 5.69 Å². The van der Waals surface area contributed by atoms with E-state index in [9.17, 15) is 0 Å². The number of hydrogen-bond donors (Lipinski definition) is 1. The van der Waals surface area contributed by atoms with E-state index in [0.29, 0.717) is 6.10 Å². The fourth-order valence-electron chi connectivity index (χ4n) is 2.14. The Morgan fingerprint density at radius 2 is 2.47 bits per heavy atom. The molecule has 1 aromatic rings. The van der Waals surface area contributed by atoms with Gasteiger partial charge in [-0.05, 0) is 25.6 Å². The molecule has 1 saturated heterocycles. The predicted octanol–water partition coefficient (Wildman–Crippen LogP) is 1.42. The Bertz CT molecular complexity index is 356. The number of nitrogens with zero attached hydrogens (tertiary/aromatic N) is 2. The number of hydrogen-bond acceptors (Lipinski definition) is 4. The molecule has 1 unspecified atom stereocenters. The third-order valence-corrected chi connectivity index (χ3v) is 3.12. The van der Waals surface area contributed by atoms with E-state index in [1.165, 1.54) is 5.69 Å². The second kappa shape index (κ2) is 5.98. The lowest BCUT2D eigenvalue weighted by Crippen LogP contribution is -2.42. The lowest BCUT2D eigenvalue weighted by atomic mass is 10.2. The van der Waals surface area contributed by atoms with Crippen LogP contribution in [0.25, 0.3) is 0 Å². The van der Waals surface area contributed by atoms with Crippen LogP contribution in [0.3, 0.4) is 0 Å². The molecule has 1 aliphatic rings. The highest BCUT2D eigenvalue weighted by molar-refractivity contribution is 5.47. The fraction of sp³-hybridized carbons (Fsp3) is 0.615. The van der Waals surface area contributed by atoms with Gasteiger partial charge < -0.3 is 15.0 Å². The van der Waals surface area contributed by atoms with Crippen LogP contribution in [-0.4, -0.2) is 37.8 Å². The molecule has 1 fully saturated rings. The summed E-state index contributed by atoms with van der Waals surface area (Å²) in [6.07, 6.45) is 3.33. The number of pyridine rings is 1. The van der Waals surface area contributed by atoms with Gasteiger partial charge in [-0.3, -0.25) is 4.98 Å². The molecule has 4 nitrogen and oxygen atoms in total. The van der Waals surface area contributed by atoms with Gasteiger partial charge in [-0.2, -0.15) is 0 Å². The van der Waals surface area contributed by atoms with Crippen LogP contribution in [0.15, 0.2) is 18.3 Å². The molecule has 0 amide bonds. The number of anilines is 1. The van der Waals surface area contributed by atoms with Crippen molar-refractivity contribution in [3.63, 3.8) is 0 Å². The summed E-state index contributed by atoms with van der Waals surface area (Å²) in [5.41, 5.74) is 2.34. The van der Waals surface area contributed by atoms with Crippen molar-refractivity contribution < 1.29 is 4.74 Å². The maximum Gasteiger partial charge on any atom is 0.0748 e. The summed E-state index contributed by atoms with van der Waals surface area (Å²) >= 11 is 0. The van der Waals surface area contributed by atoms with Crippen LogP contribution in [0, 0.1) is 0 Å². The molecule has 1 N–H and O–H groups in total. The first-order valence-corrected chi connectivity index (χ1v) is 6.29. The Hall–Kier alpha value is -1.13. The van der Waals surface area contributed by atoms with Gasteiger partial charge in [-0.15, -0.1) is 0 Å². The minimum atomic E-state index is 0.365. The molecule has 1 aliphatic heterocycles. The smallest absolute Gasteiger partial charge is 0.0748 e. The van der Waals surface area contributed by atoms with Crippen molar-refractivity contribution in [2.75, 3.05) is 31.6 Å². The average Bonchev–Trinajstić information content (AvgIpc) is 2.40. The second-order valence-electron chi connectivity index (χ2n) is 4.38. The largest absolute Gasteiger partial charge is 0.375 e. The zero-order valence-corrected chi connectivity index (χ0v) is 10.6. The van der Waals surface area contributed by atoms with Gasteiger partial charge in [0, 0.05) is 31.5 Å². The molecule has 0 saturated carbocycles. The Morgan fingerprint density at radius 1 is 1.59 bits per heavy atom. The summed E-state index contributed by atoms with van der Waals surface area (Å²) in [7, 11) is 1.94. The quantitative estimate of drug-likeness (QED) is 0.856. The molecule has 0 bridgehead atoms. The van der Waals surface area contributed by atoms with Crippen LogP contribution < -0.4 is 10.2 Å². The standard InChI is InChI=1S/C13H21N3O/c1-3-13-10-16(6-7-17-13)12-4-5-15-11(8-12)9-14-2/h4-5,8,13-14H,3,6-7,9-10H2,1-2H3. The van der Waals surface area contributed by atoms with Crippen molar-refractivity contribution in [3.05, 3.63) is 24.0 Å². The SMILES string of the molecule is CCC1CN(c2ccnc(CNC)c2)CCO1. The molecule has 0 aromatic carbocycles. The second-order valence-corrected chi connectivity index (χ2v) is 4.38. The van der Waals surface area contributed by atoms with Crippen LogP contribution >= 0.6 is 0 Å². The van der Waals surface area contributed by atoms with Crippen LogP contribution in [0.5, 0.6) is 0 Å². The molecule has 1 atom stereocenters. The molecule has 4 heteroatoms. The van der Waals surface area contributed by atoms with Gasteiger partial charge in [0.1, 0.15) is 0 Å². The molecule has 2 heterocycles. The van der Waals surface area contributed by atoms with E-state index in [2.05, 4.69) is 34.3 Å². The number of rotatable bonds is 4. The summed E-state index contributed by atoms with van der Waals surface area (Å²) in [6, 6.07) is 4.24. The Kier molecular flexibility index (Phi) is 4.34. The molecular formula is C13H21N3O. The van der Waals surface area contributed by atoms with Crippen LogP contribution in [0.2, 0.25) is 0 Å². The van der Waals surface area contributed by atoms with E-state index >= 15 is 0 Å². The minimum absolute atomic E-state index is 0.365. The van der Waals surface area contributed by atoms with Crippen molar-refractivity contribution in [2.24, 2.45) is 0 Å². The normalized spacial score (nSPS) is 20.6. The van der Waals surface area contributed by atoms with Crippen molar-refractivity contribution in [2.45, 2.75) is 26.0 Å². The van der Waals surface area contributed by atoms with E-state index in [0.717, 1.165) is 38.4 Å². The minimum Gasteiger partial charge on any atom is -0.375 e. The van der Waals surface area contributed by atoms with Crippen LogP contribution in [0.1, 0.15) is 19.0 Å². The third-order valence-electron chi connectivity index (χ3n) is 3.12. The highest BCUT2D eigenvalue weighted by Crippen LogP contribution is 2.19. The molecule has 2 rings (SSSR count). The summed E-state index contributed by atoms with van der Waals surface area (Å²) in [5, 5.41) is 3.13. The van der Waals surface area contributed by atoms with Gasteiger partial charge >= 0.3 is 0 Å². The fourth-order valence-corrected chi connectivity index (χ4v) is 2.14. The first kappa shape index (κ1) is 12.3. The van der Waals surface area contributed by atoms with E-state index in [4.69, 9.17) is 4.74 Å². The van der Waals surface area contributed by atoms with E-state index in [1.54, 1.807) is 0 Å². The van der Waals surface area contributed by atoms with Crippen molar-refractivity contribution >= 4 is 5.69 Å². The summed E-state index contributed by atoms with van der Waals surface area (Å²) in [6.45, 7) is 5.77. The highest BCUT2D eigenvalue weighted by atomic mass is 16.5. The van der Waals surface area contributed by atoms with Crippen molar-refractivity contribution in [3.8, 4) is 0 Å². The maximum absolute atomic E-state index is 5.69. The maximum atomic E-state index is 5.69. The first-order chi connectivity index (χ1) is 8.33. The third kappa shape index (κ3) is 3.17. The van der Waals surface area contributed by atoms with Gasteiger partial charge in [0.15, 0.2) is 0 Å². The van der Waals surface area contributed by atoms with Crippen molar-refractivity contribution in [1.29, 1.82) is 0 Å². The number of aromatic nitrogens is 1.